The molecular weight excluding hydrogens is 268 g/mol. The van der Waals surface area contributed by atoms with Crippen molar-refractivity contribution in [1.29, 1.82) is 0 Å². The second kappa shape index (κ2) is 6.38. The van der Waals surface area contributed by atoms with Crippen molar-refractivity contribution < 1.29 is 28.9 Å². The molecule has 0 aromatic rings. The molecule has 0 aromatic carbocycles. The van der Waals surface area contributed by atoms with Crippen LogP contribution in [0, 0.1) is 5.41 Å². The van der Waals surface area contributed by atoms with Gasteiger partial charge in [0.15, 0.2) is 0 Å². The van der Waals surface area contributed by atoms with E-state index in [0.717, 1.165) is 0 Å². The van der Waals surface area contributed by atoms with Gasteiger partial charge in [0.05, 0.1) is 45.2 Å². The number of ether oxygens (including phenoxy) is 3. The summed E-state index contributed by atoms with van der Waals surface area (Å²) in [5, 5.41) is 14.5. The second-order valence-electron chi connectivity index (χ2n) is 5.21. The third-order valence-electron chi connectivity index (χ3n) is 3.62. The number of carbonyl (C=O) groups excluding carboxylic acids is 1. The average molecular weight is 288 g/mol. The van der Waals surface area contributed by atoms with Gasteiger partial charge in [0.2, 0.25) is 0 Å². The predicted octanol–water partition coefficient (Wildman–Crippen LogP) is -0.809. The molecule has 20 heavy (non-hydrogen) atoms. The number of carboxylic acids is 1. The molecule has 0 saturated carbocycles. The molecule has 0 bridgehead atoms. The Hall–Kier alpha value is -1.38. The van der Waals surface area contributed by atoms with E-state index in [2.05, 4.69) is 10.6 Å². The lowest BCUT2D eigenvalue weighted by Crippen LogP contribution is -2.53. The monoisotopic (exact) mass is 288 g/mol. The standard InChI is InChI=1S/C12H20N2O6/c1-12(10(15)16)7-19-6-9(12)14-11(17)13-4-8-5-18-2-3-20-8/h8-9H,2-7H2,1H3,(H,15,16)(H2,13,14,17). The molecule has 8 nitrogen and oxygen atoms in total. The topological polar surface area (TPSA) is 106 Å². The minimum Gasteiger partial charge on any atom is -0.481 e. The number of hydrogen-bond donors (Lipinski definition) is 3. The largest absolute Gasteiger partial charge is 0.481 e. The van der Waals surface area contributed by atoms with Crippen LogP contribution in [0.2, 0.25) is 0 Å². The summed E-state index contributed by atoms with van der Waals surface area (Å²) in [4.78, 5) is 23.0. The third kappa shape index (κ3) is 3.38. The summed E-state index contributed by atoms with van der Waals surface area (Å²) in [5.74, 6) is -0.982. The van der Waals surface area contributed by atoms with Crippen LogP contribution in [-0.4, -0.2) is 68.8 Å². The number of carboxylic acid groups (broad SMARTS) is 1. The minimum absolute atomic E-state index is 0.0901. The summed E-state index contributed by atoms with van der Waals surface area (Å²) in [5.41, 5.74) is -1.10. The fourth-order valence-electron chi connectivity index (χ4n) is 2.16. The predicted molar refractivity (Wildman–Crippen MR) is 67.4 cm³/mol. The van der Waals surface area contributed by atoms with Gasteiger partial charge in [-0.25, -0.2) is 4.79 Å². The number of carbonyl (C=O) groups is 2. The van der Waals surface area contributed by atoms with E-state index >= 15 is 0 Å². The van der Waals surface area contributed by atoms with Gasteiger partial charge in [0.1, 0.15) is 5.41 Å². The number of amides is 2. The number of hydrogen-bond acceptors (Lipinski definition) is 5. The van der Waals surface area contributed by atoms with E-state index in [1.165, 1.54) is 0 Å². The molecule has 3 atom stereocenters. The van der Waals surface area contributed by atoms with Crippen LogP contribution < -0.4 is 10.6 Å². The van der Waals surface area contributed by atoms with Crippen molar-refractivity contribution >= 4 is 12.0 Å². The molecule has 8 heteroatoms. The summed E-state index contributed by atoms with van der Waals surface area (Å²) in [6, 6.07) is -0.981. The lowest BCUT2D eigenvalue weighted by Gasteiger charge is -2.26. The first-order chi connectivity index (χ1) is 9.52. The summed E-state index contributed by atoms with van der Waals surface area (Å²) >= 11 is 0. The van der Waals surface area contributed by atoms with Crippen LogP contribution in [0.25, 0.3) is 0 Å². The molecule has 2 rings (SSSR count). The molecule has 2 heterocycles. The average Bonchev–Trinajstić information content (AvgIpc) is 2.80. The molecule has 2 aliphatic heterocycles. The molecule has 2 fully saturated rings. The third-order valence-corrected chi connectivity index (χ3v) is 3.62. The highest BCUT2D eigenvalue weighted by atomic mass is 16.6. The van der Waals surface area contributed by atoms with Crippen molar-refractivity contribution in [2.75, 3.05) is 39.6 Å². The highest BCUT2D eigenvalue weighted by Crippen LogP contribution is 2.28. The highest BCUT2D eigenvalue weighted by molar-refractivity contribution is 5.79. The number of aliphatic carboxylic acids is 1. The van der Waals surface area contributed by atoms with Crippen LogP contribution in [0.3, 0.4) is 0 Å². The minimum atomic E-state index is -1.10. The lowest BCUT2D eigenvalue weighted by molar-refractivity contribution is -0.148. The fraction of sp³-hybridized carbons (Fsp3) is 0.833. The van der Waals surface area contributed by atoms with E-state index < -0.39 is 23.5 Å². The summed E-state index contributed by atoms with van der Waals surface area (Å²) in [6.07, 6.45) is -0.166. The Kier molecular flexibility index (Phi) is 4.79. The van der Waals surface area contributed by atoms with Gasteiger partial charge < -0.3 is 30.0 Å². The molecule has 2 amide bonds. The Morgan fingerprint density at radius 2 is 2.10 bits per heavy atom. The van der Waals surface area contributed by atoms with Crippen molar-refractivity contribution in [3.8, 4) is 0 Å². The van der Waals surface area contributed by atoms with E-state index in [4.69, 9.17) is 14.2 Å². The van der Waals surface area contributed by atoms with Crippen molar-refractivity contribution in [2.24, 2.45) is 5.41 Å². The van der Waals surface area contributed by atoms with Crippen LogP contribution in [0.4, 0.5) is 4.79 Å². The molecule has 2 saturated heterocycles. The first kappa shape index (κ1) is 15.0. The molecule has 3 N–H and O–H groups in total. The lowest BCUT2D eigenvalue weighted by atomic mass is 9.85. The Labute approximate surface area is 116 Å². The summed E-state index contributed by atoms with van der Waals surface area (Å²) < 4.78 is 15.8. The van der Waals surface area contributed by atoms with E-state index in [0.29, 0.717) is 26.4 Å². The number of rotatable bonds is 4. The maximum absolute atomic E-state index is 11.8. The van der Waals surface area contributed by atoms with E-state index in [1.54, 1.807) is 6.92 Å². The summed E-state index contributed by atoms with van der Waals surface area (Å²) in [7, 11) is 0. The highest BCUT2D eigenvalue weighted by Gasteiger charge is 2.47. The van der Waals surface area contributed by atoms with Crippen LogP contribution in [-0.2, 0) is 19.0 Å². The first-order valence-electron chi connectivity index (χ1n) is 6.57. The number of urea groups is 1. The molecule has 0 spiro atoms. The maximum atomic E-state index is 11.8. The van der Waals surface area contributed by atoms with Gasteiger partial charge in [0.25, 0.3) is 0 Å². The van der Waals surface area contributed by atoms with Crippen LogP contribution in [0.15, 0.2) is 0 Å². The smallest absolute Gasteiger partial charge is 0.315 e. The van der Waals surface area contributed by atoms with Crippen molar-refractivity contribution in [3.63, 3.8) is 0 Å². The van der Waals surface area contributed by atoms with Crippen molar-refractivity contribution in [2.45, 2.75) is 19.1 Å². The Morgan fingerprint density at radius 1 is 1.30 bits per heavy atom. The van der Waals surface area contributed by atoms with Gasteiger partial charge in [-0.1, -0.05) is 0 Å². The van der Waals surface area contributed by atoms with Gasteiger partial charge in [-0.15, -0.1) is 0 Å². The Morgan fingerprint density at radius 3 is 2.75 bits per heavy atom. The van der Waals surface area contributed by atoms with Crippen LogP contribution >= 0.6 is 0 Å². The van der Waals surface area contributed by atoms with Gasteiger partial charge in [-0.05, 0) is 6.92 Å². The Balaban J connectivity index is 1.77. The zero-order chi connectivity index (χ0) is 14.6. The molecule has 2 aliphatic rings. The van der Waals surface area contributed by atoms with Crippen LogP contribution in [0.1, 0.15) is 6.92 Å². The molecule has 0 aliphatic carbocycles. The quantitative estimate of drug-likeness (QED) is 0.625. The second-order valence-corrected chi connectivity index (χ2v) is 5.21. The molecule has 114 valence electrons. The van der Waals surface area contributed by atoms with Gasteiger partial charge in [0, 0.05) is 6.54 Å². The maximum Gasteiger partial charge on any atom is 0.315 e. The number of nitrogens with one attached hydrogen (secondary N) is 2. The summed E-state index contributed by atoms with van der Waals surface area (Å²) in [6.45, 7) is 3.70. The van der Waals surface area contributed by atoms with E-state index in [-0.39, 0.29) is 19.3 Å². The van der Waals surface area contributed by atoms with Gasteiger partial charge >= 0.3 is 12.0 Å². The van der Waals surface area contributed by atoms with Gasteiger partial charge in [-0.2, -0.15) is 0 Å². The van der Waals surface area contributed by atoms with E-state index in [9.17, 15) is 14.7 Å². The SMILES string of the molecule is CC1(C(=O)O)COCC1NC(=O)NCC1COCCO1. The molecule has 3 unspecified atom stereocenters. The molecular formula is C12H20N2O6. The van der Waals surface area contributed by atoms with Gasteiger partial charge in [-0.3, -0.25) is 4.79 Å². The first-order valence-corrected chi connectivity index (χ1v) is 6.57. The zero-order valence-corrected chi connectivity index (χ0v) is 11.4. The molecule has 0 radical (unpaired) electrons. The normalized spacial score (nSPS) is 33.6. The molecule has 0 aromatic heterocycles. The van der Waals surface area contributed by atoms with Crippen molar-refractivity contribution in [1.82, 2.24) is 10.6 Å². The van der Waals surface area contributed by atoms with Crippen LogP contribution in [0.5, 0.6) is 0 Å². The van der Waals surface area contributed by atoms with Crippen molar-refractivity contribution in [3.05, 3.63) is 0 Å². The van der Waals surface area contributed by atoms with E-state index in [1.807, 2.05) is 0 Å². The Bertz CT molecular complexity index is 371. The zero-order valence-electron chi connectivity index (χ0n) is 11.4. The fourth-order valence-corrected chi connectivity index (χ4v) is 2.16.